The molecule has 0 unspecified atom stereocenters. The van der Waals surface area contributed by atoms with Crippen LogP contribution < -0.4 is 28.5 Å². The van der Waals surface area contributed by atoms with Gasteiger partial charge in [-0.2, -0.15) is 8.42 Å². The Bertz CT molecular complexity index is 2040. The quantitative estimate of drug-likeness (QED) is 0.201. The zero-order chi connectivity index (χ0) is 31.6. The second-order valence-electron chi connectivity index (χ2n) is 9.84. The Morgan fingerprint density at radius 2 is 1.66 bits per heavy atom. The second kappa shape index (κ2) is 12.5. The molecule has 3 aromatic carbocycles. The summed E-state index contributed by atoms with van der Waals surface area (Å²) < 4.78 is 48.7. The standard InChI is InChI=1S/C32H30N2O8S2/c1-6-41-31(36)28-20(3)33-32-34(29(28)22-11-16-25(39-4)26(18-22)40-5)30(35)27(43-32)17-21-9-12-23(13-10-21)42-44(37,38)24-14-7-19(2)8-15-24/h7-18,29H,6H2,1-5H3/b27-17+/t29-/m1/s1. The Hall–Kier alpha value is -4.68. The molecule has 0 N–H and O–H groups in total. The lowest BCUT2D eigenvalue weighted by molar-refractivity contribution is -0.139. The number of carbonyl (C=O) groups is 1. The molecule has 0 aliphatic carbocycles. The van der Waals surface area contributed by atoms with Crippen LogP contribution in [0.25, 0.3) is 6.08 Å². The second-order valence-corrected chi connectivity index (χ2v) is 12.4. The minimum Gasteiger partial charge on any atom is -0.493 e. The number of carbonyl (C=O) groups excluding carboxylic acids is 1. The molecule has 12 heteroatoms. The van der Waals surface area contributed by atoms with Crippen molar-refractivity contribution in [3.8, 4) is 17.2 Å². The Labute approximate surface area is 258 Å². The molecule has 0 saturated carbocycles. The van der Waals surface area contributed by atoms with E-state index < -0.39 is 22.1 Å². The third kappa shape index (κ3) is 6.03. The average molecular weight is 635 g/mol. The number of methoxy groups -OCH3 is 2. The van der Waals surface area contributed by atoms with E-state index in [0.29, 0.717) is 37.7 Å². The number of fused-ring (bicyclic) bond motifs is 1. The van der Waals surface area contributed by atoms with Crippen molar-refractivity contribution < 1.29 is 31.6 Å². The average Bonchev–Trinajstić information content (AvgIpc) is 3.30. The van der Waals surface area contributed by atoms with Crippen molar-refractivity contribution in [1.82, 2.24) is 4.57 Å². The van der Waals surface area contributed by atoms with Gasteiger partial charge >= 0.3 is 16.1 Å². The minimum absolute atomic E-state index is 0.0507. The SMILES string of the molecule is CCOC(=O)C1=C(C)N=c2s/c(=C/c3ccc(OS(=O)(=O)c4ccc(C)cc4)cc3)c(=O)n2[C@@H]1c1ccc(OC)c(OC)c1. The molecule has 2 heterocycles. The van der Waals surface area contributed by atoms with E-state index in [9.17, 15) is 18.0 Å². The first-order valence-corrected chi connectivity index (χ1v) is 15.8. The van der Waals surface area contributed by atoms with Gasteiger partial charge in [0.05, 0.1) is 42.7 Å². The topological polar surface area (TPSA) is 122 Å². The number of hydrogen-bond donors (Lipinski definition) is 0. The van der Waals surface area contributed by atoms with Gasteiger partial charge in [0.15, 0.2) is 16.3 Å². The fourth-order valence-corrected chi connectivity index (χ4v) is 6.76. The molecule has 1 aliphatic rings. The van der Waals surface area contributed by atoms with Crippen LogP contribution in [0.3, 0.4) is 0 Å². The maximum Gasteiger partial charge on any atom is 0.339 e. The lowest BCUT2D eigenvalue weighted by Crippen LogP contribution is -2.39. The van der Waals surface area contributed by atoms with Crippen molar-refractivity contribution in [2.45, 2.75) is 31.7 Å². The first-order chi connectivity index (χ1) is 21.1. The lowest BCUT2D eigenvalue weighted by atomic mass is 9.95. The first kappa shape index (κ1) is 30.8. The van der Waals surface area contributed by atoms with Gasteiger partial charge in [0.1, 0.15) is 10.6 Å². The van der Waals surface area contributed by atoms with Crippen molar-refractivity contribution in [3.63, 3.8) is 0 Å². The van der Waals surface area contributed by atoms with Gasteiger partial charge in [-0.15, -0.1) is 0 Å². The zero-order valence-electron chi connectivity index (χ0n) is 24.7. The molecule has 5 rings (SSSR count). The number of rotatable bonds is 9. The normalized spacial score (nSPS) is 14.9. The van der Waals surface area contributed by atoms with E-state index in [0.717, 1.165) is 5.56 Å². The fourth-order valence-electron chi connectivity index (χ4n) is 4.78. The van der Waals surface area contributed by atoms with Gasteiger partial charge in [0.2, 0.25) is 0 Å². The molecule has 0 spiro atoms. The molecule has 0 fully saturated rings. The summed E-state index contributed by atoms with van der Waals surface area (Å²) >= 11 is 1.18. The van der Waals surface area contributed by atoms with Crippen LogP contribution in [0, 0.1) is 6.92 Å². The monoisotopic (exact) mass is 634 g/mol. The molecule has 0 amide bonds. The van der Waals surface area contributed by atoms with Gasteiger partial charge in [-0.3, -0.25) is 9.36 Å². The molecule has 228 valence electrons. The summed E-state index contributed by atoms with van der Waals surface area (Å²) in [6, 6.07) is 17.1. The van der Waals surface area contributed by atoms with E-state index in [-0.39, 0.29) is 28.4 Å². The number of thiazole rings is 1. The van der Waals surface area contributed by atoms with Gasteiger partial charge in [-0.05, 0) is 74.4 Å². The summed E-state index contributed by atoms with van der Waals surface area (Å²) in [6.07, 6.45) is 1.68. The molecule has 4 aromatic rings. The van der Waals surface area contributed by atoms with Gasteiger partial charge in [-0.1, -0.05) is 47.2 Å². The summed E-state index contributed by atoms with van der Waals surface area (Å²) in [5.41, 5.74) is 2.51. The number of esters is 1. The maximum atomic E-state index is 13.9. The van der Waals surface area contributed by atoms with Gasteiger partial charge < -0.3 is 18.4 Å². The molecule has 0 radical (unpaired) electrons. The van der Waals surface area contributed by atoms with E-state index >= 15 is 0 Å². The van der Waals surface area contributed by atoms with E-state index in [1.165, 1.54) is 54.4 Å². The van der Waals surface area contributed by atoms with Crippen LogP contribution in [0.2, 0.25) is 0 Å². The molecule has 1 aliphatic heterocycles. The van der Waals surface area contributed by atoms with Crippen molar-refractivity contribution in [2.75, 3.05) is 20.8 Å². The lowest BCUT2D eigenvalue weighted by Gasteiger charge is -2.25. The largest absolute Gasteiger partial charge is 0.493 e. The number of benzene rings is 3. The fraction of sp³-hybridized carbons (Fsp3) is 0.219. The van der Waals surface area contributed by atoms with E-state index in [1.54, 1.807) is 62.4 Å². The molecule has 0 saturated heterocycles. The van der Waals surface area contributed by atoms with E-state index in [4.69, 9.17) is 18.4 Å². The third-order valence-electron chi connectivity index (χ3n) is 6.93. The van der Waals surface area contributed by atoms with Crippen LogP contribution in [0.5, 0.6) is 17.2 Å². The van der Waals surface area contributed by atoms with E-state index in [1.807, 2.05) is 6.92 Å². The van der Waals surface area contributed by atoms with Crippen molar-refractivity contribution in [2.24, 2.45) is 4.99 Å². The summed E-state index contributed by atoms with van der Waals surface area (Å²) in [5.74, 6) is 0.504. The number of hydrogen-bond acceptors (Lipinski definition) is 10. The van der Waals surface area contributed by atoms with Crippen LogP contribution in [0.1, 0.15) is 36.6 Å². The highest BCUT2D eigenvalue weighted by Gasteiger charge is 2.34. The minimum atomic E-state index is -4.01. The highest BCUT2D eigenvalue weighted by molar-refractivity contribution is 7.87. The molecular weight excluding hydrogens is 604 g/mol. The predicted octanol–water partition coefficient (Wildman–Crippen LogP) is 3.89. The van der Waals surface area contributed by atoms with Crippen LogP contribution in [0.4, 0.5) is 0 Å². The van der Waals surface area contributed by atoms with Crippen molar-refractivity contribution >= 4 is 33.5 Å². The number of aromatic nitrogens is 1. The van der Waals surface area contributed by atoms with Crippen LogP contribution in [-0.2, 0) is 19.6 Å². The first-order valence-electron chi connectivity index (χ1n) is 13.6. The van der Waals surface area contributed by atoms with Gasteiger partial charge in [0, 0.05) is 0 Å². The summed E-state index contributed by atoms with van der Waals surface area (Å²) in [4.78, 5) is 32.1. The van der Waals surface area contributed by atoms with Crippen molar-refractivity contribution in [3.05, 3.63) is 114 Å². The predicted molar refractivity (Wildman–Crippen MR) is 165 cm³/mol. The van der Waals surface area contributed by atoms with Crippen LogP contribution in [0.15, 0.2) is 92.7 Å². The highest BCUT2D eigenvalue weighted by atomic mass is 32.2. The summed E-state index contributed by atoms with van der Waals surface area (Å²) in [5, 5.41) is 0. The number of nitrogens with zero attached hydrogens (tertiary/aromatic N) is 2. The highest BCUT2D eigenvalue weighted by Crippen LogP contribution is 2.36. The summed E-state index contributed by atoms with van der Waals surface area (Å²) in [6.45, 7) is 5.44. The Morgan fingerprint density at radius 1 is 0.977 bits per heavy atom. The van der Waals surface area contributed by atoms with Gasteiger partial charge in [-0.25, -0.2) is 9.79 Å². The summed E-state index contributed by atoms with van der Waals surface area (Å²) in [7, 11) is -0.975. The van der Waals surface area contributed by atoms with E-state index in [2.05, 4.69) is 4.99 Å². The number of aryl methyl sites for hydroxylation is 1. The molecule has 1 aromatic heterocycles. The third-order valence-corrected chi connectivity index (χ3v) is 9.18. The number of allylic oxidation sites excluding steroid dienone is 1. The van der Waals surface area contributed by atoms with Crippen LogP contribution >= 0.6 is 11.3 Å². The molecule has 0 bridgehead atoms. The Kier molecular flexibility index (Phi) is 8.75. The van der Waals surface area contributed by atoms with Crippen LogP contribution in [-0.4, -0.2) is 39.8 Å². The smallest absolute Gasteiger partial charge is 0.339 e. The molecule has 10 nitrogen and oxygen atoms in total. The maximum absolute atomic E-state index is 13.9. The Morgan fingerprint density at radius 3 is 2.30 bits per heavy atom. The Balaban J connectivity index is 1.54. The molecular formula is C32H30N2O8S2. The van der Waals surface area contributed by atoms with Crippen molar-refractivity contribution in [1.29, 1.82) is 0 Å². The molecule has 44 heavy (non-hydrogen) atoms. The molecule has 1 atom stereocenters. The van der Waals surface area contributed by atoms with Gasteiger partial charge in [0.25, 0.3) is 5.56 Å². The number of ether oxygens (including phenoxy) is 3. The zero-order valence-corrected chi connectivity index (χ0v) is 26.3.